The fourth-order valence-electron chi connectivity index (χ4n) is 2.21. The Balaban J connectivity index is 1.73. The molecule has 1 fully saturated rings. The maximum absolute atomic E-state index is 11.9. The summed E-state index contributed by atoms with van der Waals surface area (Å²) >= 11 is 0. The third kappa shape index (κ3) is 6.01. The molecule has 2 rings (SSSR count). The molecule has 0 spiro atoms. The first-order valence-electron chi connectivity index (χ1n) is 7.55. The molecule has 0 aromatic heterocycles. The van der Waals surface area contributed by atoms with Crippen LogP contribution in [0.2, 0.25) is 0 Å². The largest absolute Gasteiger partial charge is 0.491 e. The molecule has 1 saturated heterocycles. The van der Waals surface area contributed by atoms with E-state index in [0.717, 1.165) is 24.4 Å². The molecule has 1 N–H and O–H groups in total. The number of benzene rings is 1. The van der Waals surface area contributed by atoms with Gasteiger partial charge < -0.3 is 19.5 Å². The molecule has 0 saturated carbocycles. The summed E-state index contributed by atoms with van der Waals surface area (Å²) in [4.78, 5) is 14.0. The molecule has 6 nitrogen and oxygen atoms in total. The van der Waals surface area contributed by atoms with E-state index in [2.05, 4.69) is 10.2 Å². The van der Waals surface area contributed by atoms with Gasteiger partial charge in [0.2, 0.25) is 5.91 Å². The molecule has 0 atom stereocenters. The molecule has 1 aliphatic heterocycles. The lowest BCUT2D eigenvalue weighted by molar-refractivity contribution is -0.123. The average Bonchev–Trinajstić information content (AvgIpc) is 2.55. The Bertz CT molecular complexity index is 461. The molecule has 1 aliphatic rings. The number of ether oxygens (including phenoxy) is 3. The Hall–Kier alpha value is -1.63. The van der Waals surface area contributed by atoms with Crippen molar-refractivity contribution in [2.75, 3.05) is 53.2 Å². The van der Waals surface area contributed by atoms with Crippen molar-refractivity contribution in [1.82, 2.24) is 10.2 Å². The van der Waals surface area contributed by atoms with Gasteiger partial charge in [-0.3, -0.25) is 9.69 Å². The molecule has 1 heterocycles. The summed E-state index contributed by atoms with van der Waals surface area (Å²) in [6.07, 6.45) is 0. The third-order valence-corrected chi connectivity index (χ3v) is 3.42. The van der Waals surface area contributed by atoms with Crippen LogP contribution in [0.25, 0.3) is 0 Å². The number of nitrogens with zero attached hydrogens (tertiary/aromatic N) is 1. The second-order valence-electron chi connectivity index (χ2n) is 5.15. The van der Waals surface area contributed by atoms with Gasteiger partial charge in [-0.05, 0) is 17.7 Å². The van der Waals surface area contributed by atoms with Gasteiger partial charge in [-0.15, -0.1) is 0 Å². The summed E-state index contributed by atoms with van der Waals surface area (Å²) in [5.41, 5.74) is 1.02. The number of methoxy groups -OCH3 is 1. The predicted octanol–water partition coefficient (Wildman–Crippen LogP) is 0.660. The second kappa shape index (κ2) is 9.40. The van der Waals surface area contributed by atoms with Crippen LogP contribution in [0.1, 0.15) is 5.56 Å². The van der Waals surface area contributed by atoms with Gasteiger partial charge in [-0.2, -0.15) is 0 Å². The summed E-state index contributed by atoms with van der Waals surface area (Å²) < 4.78 is 15.8. The van der Waals surface area contributed by atoms with Crippen molar-refractivity contribution >= 4 is 5.91 Å². The maximum atomic E-state index is 11.9. The van der Waals surface area contributed by atoms with Crippen LogP contribution in [0.5, 0.6) is 5.75 Å². The van der Waals surface area contributed by atoms with E-state index in [9.17, 15) is 4.79 Å². The topological polar surface area (TPSA) is 60.0 Å². The highest BCUT2D eigenvalue weighted by atomic mass is 16.5. The van der Waals surface area contributed by atoms with Gasteiger partial charge in [0.05, 0.1) is 26.4 Å². The highest BCUT2D eigenvalue weighted by Crippen LogP contribution is 2.13. The summed E-state index contributed by atoms with van der Waals surface area (Å²) in [5, 5.41) is 2.94. The van der Waals surface area contributed by atoms with Gasteiger partial charge in [0.25, 0.3) is 0 Å². The highest BCUT2D eigenvalue weighted by molar-refractivity contribution is 5.78. The van der Waals surface area contributed by atoms with Crippen LogP contribution in [0.4, 0.5) is 0 Å². The van der Waals surface area contributed by atoms with E-state index < -0.39 is 0 Å². The Morgan fingerprint density at radius 3 is 2.91 bits per heavy atom. The number of amides is 1. The molecule has 0 radical (unpaired) electrons. The lowest BCUT2D eigenvalue weighted by atomic mass is 10.2. The molecule has 1 aromatic rings. The van der Waals surface area contributed by atoms with Crippen molar-refractivity contribution < 1.29 is 19.0 Å². The van der Waals surface area contributed by atoms with E-state index >= 15 is 0 Å². The van der Waals surface area contributed by atoms with Crippen molar-refractivity contribution in [1.29, 1.82) is 0 Å². The summed E-state index contributed by atoms with van der Waals surface area (Å²) in [6.45, 7) is 5.04. The molecule has 0 aliphatic carbocycles. The monoisotopic (exact) mass is 308 g/mol. The van der Waals surface area contributed by atoms with Gasteiger partial charge in [0, 0.05) is 26.7 Å². The zero-order chi connectivity index (χ0) is 15.6. The SMILES string of the molecule is COCCOc1cccc(CNC(=O)CN2CCOCC2)c1. The zero-order valence-electron chi connectivity index (χ0n) is 13.0. The van der Waals surface area contributed by atoms with Crippen LogP contribution in [0, 0.1) is 0 Å². The predicted molar refractivity (Wildman–Crippen MR) is 82.9 cm³/mol. The summed E-state index contributed by atoms with van der Waals surface area (Å²) in [5.74, 6) is 0.824. The Morgan fingerprint density at radius 2 is 2.14 bits per heavy atom. The number of hydrogen-bond donors (Lipinski definition) is 1. The van der Waals surface area contributed by atoms with Crippen LogP contribution in [0.3, 0.4) is 0 Å². The van der Waals surface area contributed by atoms with Crippen LogP contribution in [-0.4, -0.2) is 64.0 Å². The Morgan fingerprint density at radius 1 is 1.32 bits per heavy atom. The number of nitrogens with one attached hydrogen (secondary N) is 1. The van der Waals surface area contributed by atoms with E-state index in [1.165, 1.54) is 0 Å². The molecule has 0 unspecified atom stereocenters. The molecule has 1 aromatic carbocycles. The molecule has 1 amide bonds. The third-order valence-electron chi connectivity index (χ3n) is 3.42. The van der Waals surface area contributed by atoms with Crippen LogP contribution in [-0.2, 0) is 20.8 Å². The number of rotatable bonds is 8. The van der Waals surface area contributed by atoms with E-state index in [4.69, 9.17) is 14.2 Å². The smallest absolute Gasteiger partial charge is 0.234 e. The van der Waals surface area contributed by atoms with Crippen molar-refractivity contribution in [3.8, 4) is 5.75 Å². The number of hydrogen-bond acceptors (Lipinski definition) is 5. The van der Waals surface area contributed by atoms with Crippen molar-refractivity contribution in [2.45, 2.75) is 6.54 Å². The van der Waals surface area contributed by atoms with Gasteiger partial charge in [0.1, 0.15) is 12.4 Å². The van der Waals surface area contributed by atoms with Crippen molar-refractivity contribution in [3.05, 3.63) is 29.8 Å². The number of carbonyl (C=O) groups is 1. The first-order chi connectivity index (χ1) is 10.8. The highest BCUT2D eigenvalue weighted by Gasteiger charge is 2.13. The zero-order valence-corrected chi connectivity index (χ0v) is 13.0. The van der Waals surface area contributed by atoms with Crippen LogP contribution >= 0.6 is 0 Å². The van der Waals surface area contributed by atoms with Gasteiger partial charge >= 0.3 is 0 Å². The molecule has 22 heavy (non-hydrogen) atoms. The van der Waals surface area contributed by atoms with E-state index in [1.54, 1.807) is 7.11 Å². The van der Waals surface area contributed by atoms with Crippen molar-refractivity contribution in [3.63, 3.8) is 0 Å². The molecule has 6 heteroatoms. The minimum atomic E-state index is 0.0348. The van der Waals surface area contributed by atoms with E-state index in [0.29, 0.717) is 39.5 Å². The fraction of sp³-hybridized carbons (Fsp3) is 0.562. The lowest BCUT2D eigenvalue weighted by Gasteiger charge is -2.25. The lowest BCUT2D eigenvalue weighted by Crippen LogP contribution is -2.43. The Kier molecular flexibility index (Phi) is 7.15. The number of carbonyl (C=O) groups excluding carboxylic acids is 1. The maximum Gasteiger partial charge on any atom is 0.234 e. The molecule has 122 valence electrons. The second-order valence-corrected chi connectivity index (χ2v) is 5.15. The Labute approximate surface area is 131 Å². The van der Waals surface area contributed by atoms with E-state index in [1.807, 2.05) is 24.3 Å². The van der Waals surface area contributed by atoms with Crippen LogP contribution in [0.15, 0.2) is 24.3 Å². The average molecular weight is 308 g/mol. The van der Waals surface area contributed by atoms with Gasteiger partial charge in [-0.1, -0.05) is 12.1 Å². The van der Waals surface area contributed by atoms with Gasteiger partial charge in [-0.25, -0.2) is 0 Å². The van der Waals surface area contributed by atoms with Crippen LogP contribution < -0.4 is 10.1 Å². The first-order valence-corrected chi connectivity index (χ1v) is 7.55. The molecule has 0 bridgehead atoms. The quantitative estimate of drug-likeness (QED) is 0.715. The van der Waals surface area contributed by atoms with E-state index in [-0.39, 0.29) is 5.91 Å². The summed E-state index contributed by atoms with van der Waals surface area (Å²) in [6, 6.07) is 7.73. The number of morpholine rings is 1. The minimum absolute atomic E-state index is 0.0348. The molecular formula is C16H24N2O4. The standard InChI is InChI=1S/C16H24N2O4/c1-20-9-10-22-15-4-2-3-14(11-15)12-17-16(19)13-18-5-7-21-8-6-18/h2-4,11H,5-10,12-13H2,1H3,(H,17,19). The molecular weight excluding hydrogens is 284 g/mol. The minimum Gasteiger partial charge on any atom is -0.491 e. The fourth-order valence-corrected chi connectivity index (χ4v) is 2.21. The first kappa shape index (κ1) is 16.7. The normalized spacial score (nSPS) is 15.5. The summed E-state index contributed by atoms with van der Waals surface area (Å²) in [7, 11) is 1.64. The van der Waals surface area contributed by atoms with Gasteiger partial charge in [0.15, 0.2) is 0 Å². The van der Waals surface area contributed by atoms with Crippen molar-refractivity contribution in [2.24, 2.45) is 0 Å².